The molecule has 1 aliphatic carbocycles. The Hall–Kier alpha value is -1.08. The summed E-state index contributed by atoms with van der Waals surface area (Å²) in [4.78, 5) is 0. The van der Waals surface area contributed by atoms with Crippen LogP contribution in [-0.4, -0.2) is 6.04 Å². The fraction of sp³-hybridized carbons (Fsp3) is 0.529. The Morgan fingerprint density at radius 2 is 1.83 bits per heavy atom. The lowest BCUT2D eigenvalue weighted by molar-refractivity contribution is 0.414. The van der Waals surface area contributed by atoms with E-state index >= 15 is 0 Å². The van der Waals surface area contributed by atoms with Gasteiger partial charge in [0.05, 0.1) is 0 Å². The number of hydrogen-bond donors (Lipinski definition) is 1. The maximum Gasteiger partial charge on any atom is 0.0322 e. The predicted octanol–water partition coefficient (Wildman–Crippen LogP) is 4.62. The first-order chi connectivity index (χ1) is 8.90. The molecule has 1 atom stereocenters. The third-order valence-electron chi connectivity index (χ3n) is 3.74. The summed E-state index contributed by atoms with van der Waals surface area (Å²) in [6.45, 7) is 2.27. The highest BCUT2D eigenvalue weighted by molar-refractivity contribution is 5.19. The Morgan fingerprint density at radius 3 is 2.50 bits per heavy atom. The summed E-state index contributed by atoms with van der Waals surface area (Å²) in [5.74, 6) is 0. The zero-order valence-electron chi connectivity index (χ0n) is 11.4. The van der Waals surface area contributed by atoms with Crippen LogP contribution in [0.15, 0.2) is 42.5 Å². The second kappa shape index (κ2) is 7.38. The molecule has 2 rings (SSSR count). The van der Waals surface area contributed by atoms with E-state index in [0.29, 0.717) is 12.1 Å². The van der Waals surface area contributed by atoms with Crippen LogP contribution >= 0.6 is 0 Å². The highest BCUT2D eigenvalue weighted by Gasteiger charge is 2.17. The topological polar surface area (TPSA) is 12.0 Å². The first kappa shape index (κ1) is 13.4. The van der Waals surface area contributed by atoms with Crippen molar-refractivity contribution in [1.29, 1.82) is 0 Å². The molecular weight excluding hydrogens is 218 g/mol. The molecular formula is C17H25N. The van der Waals surface area contributed by atoms with Gasteiger partial charge >= 0.3 is 0 Å². The number of nitrogens with one attached hydrogen (secondary N) is 1. The summed E-state index contributed by atoms with van der Waals surface area (Å²) in [5, 5.41) is 3.83. The van der Waals surface area contributed by atoms with Gasteiger partial charge in [-0.25, -0.2) is 0 Å². The Balaban J connectivity index is 1.93. The molecule has 1 aliphatic rings. The lowest BCUT2D eigenvalue weighted by Gasteiger charge is -2.23. The van der Waals surface area contributed by atoms with Gasteiger partial charge in [-0.05, 0) is 24.8 Å². The molecule has 0 fully saturated rings. The van der Waals surface area contributed by atoms with Gasteiger partial charge in [0.2, 0.25) is 0 Å². The largest absolute Gasteiger partial charge is 0.307 e. The molecule has 0 bridgehead atoms. The molecule has 18 heavy (non-hydrogen) atoms. The van der Waals surface area contributed by atoms with Crippen LogP contribution in [0.3, 0.4) is 0 Å². The van der Waals surface area contributed by atoms with Gasteiger partial charge in [-0.15, -0.1) is 0 Å². The van der Waals surface area contributed by atoms with Gasteiger partial charge in [-0.3, -0.25) is 0 Å². The molecule has 1 unspecified atom stereocenters. The summed E-state index contributed by atoms with van der Waals surface area (Å²) >= 11 is 0. The molecule has 0 aromatic heterocycles. The predicted molar refractivity (Wildman–Crippen MR) is 78.6 cm³/mol. The van der Waals surface area contributed by atoms with Gasteiger partial charge in [0.15, 0.2) is 0 Å². The van der Waals surface area contributed by atoms with Crippen LogP contribution < -0.4 is 5.32 Å². The third-order valence-corrected chi connectivity index (χ3v) is 3.74. The van der Waals surface area contributed by atoms with Crippen molar-refractivity contribution in [3.63, 3.8) is 0 Å². The van der Waals surface area contributed by atoms with Crippen molar-refractivity contribution in [2.45, 2.75) is 57.5 Å². The average Bonchev–Trinajstić information content (AvgIpc) is 2.92. The van der Waals surface area contributed by atoms with Crippen LogP contribution in [0, 0.1) is 0 Å². The smallest absolute Gasteiger partial charge is 0.0322 e. The normalized spacial score (nSPS) is 17.2. The lowest BCUT2D eigenvalue weighted by atomic mass is 9.99. The van der Waals surface area contributed by atoms with E-state index in [-0.39, 0.29) is 0 Å². The van der Waals surface area contributed by atoms with Crippen molar-refractivity contribution in [2.24, 2.45) is 0 Å². The molecule has 1 nitrogen and oxygen atoms in total. The minimum absolute atomic E-state index is 0.530. The first-order valence-corrected chi connectivity index (χ1v) is 7.36. The quantitative estimate of drug-likeness (QED) is 0.544. The van der Waals surface area contributed by atoms with E-state index in [1.165, 1.54) is 44.1 Å². The molecule has 0 aliphatic heterocycles. The third kappa shape index (κ3) is 3.99. The van der Waals surface area contributed by atoms with Crippen molar-refractivity contribution in [3.05, 3.63) is 48.0 Å². The first-order valence-electron chi connectivity index (χ1n) is 7.36. The zero-order chi connectivity index (χ0) is 12.6. The Kier molecular flexibility index (Phi) is 5.47. The fourth-order valence-electron chi connectivity index (χ4n) is 2.67. The van der Waals surface area contributed by atoms with E-state index in [1.807, 2.05) is 0 Å². The van der Waals surface area contributed by atoms with Crippen LogP contribution in [-0.2, 0) is 0 Å². The summed E-state index contributed by atoms with van der Waals surface area (Å²) in [5.41, 5.74) is 1.44. The highest BCUT2D eigenvalue weighted by atomic mass is 14.9. The molecule has 1 N–H and O–H groups in total. The second-order valence-electron chi connectivity index (χ2n) is 5.27. The molecule has 0 saturated heterocycles. The Bertz CT molecular complexity index is 347. The van der Waals surface area contributed by atoms with Gasteiger partial charge in [0, 0.05) is 12.1 Å². The van der Waals surface area contributed by atoms with E-state index in [9.17, 15) is 0 Å². The zero-order valence-corrected chi connectivity index (χ0v) is 11.4. The number of benzene rings is 1. The Labute approximate surface area is 111 Å². The molecule has 0 amide bonds. The fourth-order valence-corrected chi connectivity index (χ4v) is 2.67. The van der Waals surface area contributed by atoms with E-state index in [0.717, 1.165) is 0 Å². The van der Waals surface area contributed by atoms with Crippen LogP contribution in [0.25, 0.3) is 0 Å². The van der Waals surface area contributed by atoms with E-state index in [1.54, 1.807) is 0 Å². The van der Waals surface area contributed by atoms with Crippen molar-refractivity contribution in [1.82, 2.24) is 5.32 Å². The Morgan fingerprint density at radius 1 is 1.11 bits per heavy atom. The molecule has 1 aromatic carbocycles. The van der Waals surface area contributed by atoms with Crippen molar-refractivity contribution in [3.8, 4) is 0 Å². The van der Waals surface area contributed by atoms with Gasteiger partial charge in [-0.1, -0.05) is 68.7 Å². The maximum absolute atomic E-state index is 3.83. The molecule has 1 heteroatoms. The SMILES string of the molecule is CCCCCC(NC1CC=CC1)c1ccccc1. The molecule has 0 spiro atoms. The maximum atomic E-state index is 3.83. The summed E-state index contributed by atoms with van der Waals surface area (Å²) in [6, 6.07) is 12.1. The van der Waals surface area contributed by atoms with Gasteiger partial charge in [0.25, 0.3) is 0 Å². The monoisotopic (exact) mass is 243 g/mol. The van der Waals surface area contributed by atoms with Gasteiger partial charge < -0.3 is 5.32 Å². The van der Waals surface area contributed by atoms with Gasteiger partial charge in [-0.2, -0.15) is 0 Å². The van der Waals surface area contributed by atoms with Gasteiger partial charge in [0.1, 0.15) is 0 Å². The molecule has 1 aromatic rings. The summed E-state index contributed by atoms with van der Waals surface area (Å²) in [7, 11) is 0. The average molecular weight is 243 g/mol. The minimum atomic E-state index is 0.530. The van der Waals surface area contributed by atoms with Crippen LogP contribution in [0.1, 0.15) is 57.1 Å². The summed E-state index contributed by atoms with van der Waals surface area (Å²) < 4.78 is 0. The van der Waals surface area contributed by atoms with E-state index in [4.69, 9.17) is 0 Å². The molecule has 0 heterocycles. The number of unbranched alkanes of at least 4 members (excludes halogenated alkanes) is 2. The highest BCUT2D eigenvalue weighted by Crippen LogP contribution is 2.23. The van der Waals surface area contributed by atoms with Crippen molar-refractivity contribution in [2.75, 3.05) is 0 Å². The lowest BCUT2D eigenvalue weighted by Crippen LogP contribution is -2.30. The van der Waals surface area contributed by atoms with Crippen molar-refractivity contribution < 1.29 is 0 Å². The second-order valence-corrected chi connectivity index (χ2v) is 5.27. The van der Waals surface area contributed by atoms with Crippen LogP contribution in [0.4, 0.5) is 0 Å². The van der Waals surface area contributed by atoms with Crippen LogP contribution in [0.2, 0.25) is 0 Å². The summed E-state index contributed by atoms with van der Waals surface area (Å²) in [6.07, 6.45) is 12.2. The standard InChI is InChI=1S/C17H25N/c1-2-3-5-14-17(15-10-6-4-7-11-15)18-16-12-8-9-13-16/h4,6-11,16-18H,2-3,5,12-14H2,1H3. The number of hydrogen-bond acceptors (Lipinski definition) is 1. The van der Waals surface area contributed by atoms with Crippen molar-refractivity contribution >= 4 is 0 Å². The molecule has 98 valence electrons. The molecule has 0 radical (unpaired) electrons. The van der Waals surface area contributed by atoms with Crippen LogP contribution in [0.5, 0.6) is 0 Å². The number of rotatable bonds is 7. The molecule has 0 saturated carbocycles. The minimum Gasteiger partial charge on any atom is -0.307 e. The van der Waals surface area contributed by atoms with E-state index < -0.39 is 0 Å². The van der Waals surface area contributed by atoms with E-state index in [2.05, 4.69) is 54.7 Å².